The van der Waals surface area contributed by atoms with Crippen molar-refractivity contribution in [1.29, 1.82) is 0 Å². The van der Waals surface area contributed by atoms with E-state index in [0.29, 0.717) is 0 Å². The fourth-order valence-electron chi connectivity index (χ4n) is 4.04. The van der Waals surface area contributed by atoms with Crippen LogP contribution in [0.4, 0.5) is 5.82 Å². The van der Waals surface area contributed by atoms with Crippen LogP contribution in [0.2, 0.25) is 0 Å². The van der Waals surface area contributed by atoms with Crippen molar-refractivity contribution < 1.29 is 0 Å². The Morgan fingerprint density at radius 2 is 2.05 bits per heavy atom. The number of nitrogens with zero attached hydrogens (tertiary/aromatic N) is 4. The zero-order chi connectivity index (χ0) is 14.1. The van der Waals surface area contributed by atoms with E-state index in [1.54, 1.807) is 0 Å². The minimum atomic E-state index is 0.842. The predicted octanol–water partition coefficient (Wildman–Crippen LogP) is 2.20. The van der Waals surface area contributed by atoms with Crippen LogP contribution in [0.3, 0.4) is 0 Å². The molecule has 0 bridgehead atoms. The molecule has 20 heavy (non-hydrogen) atoms. The van der Waals surface area contributed by atoms with Gasteiger partial charge in [-0.15, -0.1) is 5.10 Å². The van der Waals surface area contributed by atoms with Gasteiger partial charge in [0, 0.05) is 19.6 Å². The second-order valence-corrected chi connectivity index (χ2v) is 6.82. The minimum Gasteiger partial charge on any atom is -0.355 e. The topological polar surface area (TPSA) is 32.3 Å². The Morgan fingerprint density at radius 1 is 1.20 bits per heavy atom. The van der Waals surface area contributed by atoms with Gasteiger partial charge in [0.25, 0.3) is 0 Å². The van der Waals surface area contributed by atoms with Gasteiger partial charge in [0.2, 0.25) is 0 Å². The van der Waals surface area contributed by atoms with Gasteiger partial charge >= 0.3 is 0 Å². The van der Waals surface area contributed by atoms with Crippen molar-refractivity contribution in [1.82, 2.24) is 15.1 Å². The summed E-state index contributed by atoms with van der Waals surface area (Å²) in [6.45, 7) is 5.56. The number of aromatic nitrogens is 2. The highest BCUT2D eigenvalue weighted by Crippen LogP contribution is 2.41. The van der Waals surface area contributed by atoms with Crippen LogP contribution in [-0.2, 0) is 0 Å². The lowest BCUT2D eigenvalue weighted by Crippen LogP contribution is -2.34. The fourth-order valence-corrected chi connectivity index (χ4v) is 4.04. The van der Waals surface area contributed by atoms with Crippen molar-refractivity contribution in [2.45, 2.75) is 26.2 Å². The molecule has 4 heteroatoms. The molecule has 3 atom stereocenters. The maximum atomic E-state index is 4.37. The van der Waals surface area contributed by atoms with E-state index in [-0.39, 0.29) is 0 Å². The second kappa shape index (κ2) is 5.68. The average molecular weight is 274 g/mol. The third kappa shape index (κ3) is 2.80. The Balaban J connectivity index is 1.71. The molecule has 2 fully saturated rings. The van der Waals surface area contributed by atoms with Crippen molar-refractivity contribution in [2.75, 3.05) is 38.6 Å². The minimum absolute atomic E-state index is 0.842. The molecule has 0 unspecified atom stereocenters. The molecular weight excluding hydrogens is 248 g/mol. The highest BCUT2D eigenvalue weighted by atomic mass is 15.3. The van der Waals surface area contributed by atoms with Crippen LogP contribution >= 0.6 is 0 Å². The highest BCUT2D eigenvalue weighted by molar-refractivity contribution is 5.39. The summed E-state index contributed by atoms with van der Waals surface area (Å²) in [5, 5.41) is 8.58. The van der Waals surface area contributed by atoms with Gasteiger partial charge in [-0.1, -0.05) is 6.42 Å². The van der Waals surface area contributed by atoms with Crippen molar-refractivity contribution in [3.05, 3.63) is 17.8 Å². The van der Waals surface area contributed by atoms with E-state index >= 15 is 0 Å². The Bertz CT molecular complexity index is 442. The number of anilines is 1. The molecule has 1 aliphatic heterocycles. The lowest BCUT2D eigenvalue weighted by atomic mass is 9.74. The summed E-state index contributed by atoms with van der Waals surface area (Å²) in [6, 6.07) is 4.20. The van der Waals surface area contributed by atoms with Crippen molar-refractivity contribution in [3.8, 4) is 0 Å². The largest absolute Gasteiger partial charge is 0.355 e. The summed E-state index contributed by atoms with van der Waals surface area (Å²) in [7, 11) is 4.39. The summed E-state index contributed by atoms with van der Waals surface area (Å²) < 4.78 is 0. The maximum Gasteiger partial charge on any atom is 0.151 e. The first-order valence-corrected chi connectivity index (χ1v) is 7.83. The van der Waals surface area contributed by atoms with Gasteiger partial charge in [0.1, 0.15) is 0 Å². The van der Waals surface area contributed by atoms with E-state index in [2.05, 4.69) is 46.2 Å². The van der Waals surface area contributed by atoms with Crippen molar-refractivity contribution >= 4 is 5.82 Å². The van der Waals surface area contributed by atoms with Crippen LogP contribution in [0.1, 0.15) is 25.0 Å². The SMILES string of the molecule is Cc1ccc(N2C[C@H]3CCC[C@@H](CN(C)C)[C@H]3C2)nn1. The number of hydrogen-bond donors (Lipinski definition) is 0. The van der Waals surface area contributed by atoms with E-state index < -0.39 is 0 Å². The molecule has 0 aromatic carbocycles. The van der Waals surface area contributed by atoms with Crippen LogP contribution in [0, 0.1) is 24.7 Å². The molecule has 1 aromatic rings. The second-order valence-electron chi connectivity index (χ2n) is 6.82. The molecule has 1 aliphatic carbocycles. The van der Waals surface area contributed by atoms with Gasteiger partial charge in [-0.05, 0) is 63.7 Å². The normalized spacial score (nSPS) is 29.8. The molecule has 0 radical (unpaired) electrons. The van der Waals surface area contributed by atoms with E-state index in [4.69, 9.17) is 0 Å². The van der Waals surface area contributed by atoms with Gasteiger partial charge in [-0.25, -0.2) is 0 Å². The van der Waals surface area contributed by atoms with Crippen LogP contribution < -0.4 is 4.90 Å². The molecule has 0 amide bonds. The summed E-state index contributed by atoms with van der Waals surface area (Å²) in [5.41, 5.74) is 0.996. The molecule has 0 spiro atoms. The summed E-state index contributed by atoms with van der Waals surface area (Å²) in [5.74, 6) is 3.62. The van der Waals surface area contributed by atoms with E-state index in [1.807, 2.05) is 6.92 Å². The van der Waals surface area contributed by atoms with Gasteiger partial charge < -0.3 is 9.80 Å². The first-order valence-electron chi connectivity index (χ1n) is 7.83. The molecular formula is C16H26N4. The molecule has 0 N–H and O–H groups in total. The lowest BCUT2D eigenvalue weighted by molar-refractivity contribution is 0.160. The molecule has 1 saturated carbocycles. The number of aryl methyl sites for hydroxylation is 1. The lowest BCUT2D eigenvalue weighted by Gasteiger charge is -2.34. The van der Waals surface area contributed by atoms with Gasteiger partial charge in [0.05, 0.1) is 5.69 Å². The van der Waals surface area contributed by atoms with E-state index in [0.717, 1.165) is 29.3 Å². The quantitative estimate of drug-likeness (QED) is 0.846. The van der Waals surface area contributed by atoms with E-state index in [9.17, 15) is 0 Å². The Morgan fingerprint density at radius 3 is 2.75 bits per heavy atom. The van der Waals surface area contributed by atoms with E-state index in [1.165, 1.54) is 38.9 Å². The van der Waals surface area contributed by atoms with Crippen LogP contribution in [0.25, 0.3) is 0 Å². The average Bonchev–Trinajstić information content (AvgIpc) is 2.84. The molecule has 1 aromatic heterocycles. The smallest absolute Gasteiger partial charge is 0.151 e. The summed E-state index contributed by atoms with van der Waals surface area (Å²) >= 11 is 0. The molecule has 2 aliphatic rings. The third-order valence-electron chi connectivity index (χ3n) is 4.95. The van der Waals surface area contributed by atoms with Crippen molar-refractivity contribution in [3.63, 3.8) is 0 Å². The Hall–Kier alpha value is -1.16. The van der Waals surface area contributed by atoms with Crippen LogP contribution in [0.5, 0.6) is 0 Å². The zero-order valence-corrected chi connectivity index (χ0v) is 12.9. The summed E-state index contributed by atoms with van der Waals surface area (Å²) in [6.07, 6.45) is 4.18. The third-order valence-corrected chi connectivity index (χ3v) is 4.95. The molecule has 2 heterocycles. The first kappa shape index (κ1) is 13.8. The number of rotatable bonds is 3. The van der Waals surface area contributed by atoms with Gasteiger partial charge in [-0.3, -0.25) is 0 Å². The number of hydrogen-bond acceptors (Lipinski definition) is 4. The maximum absolute atomic E-state index is 4.37. The van der Waals surface area contributed by atoms with Gasteiger partial charge in [-0.2, -0.15) is 5.10 Å². The molecule has 3 rings (SSSR count). The highest BCUT2D eigenvalue weighted by Gasteiger charge is 2.40. The predicted molar refractivity (Wildman–Crippen MR) is 81.9 cm³/mol. The van der Waals surface area contributed by atoms with Gasteiger partial charge in [0.15, 0.2) is 5.82 Å². The molecule has 4 nitrogen and oxygen atoms in total. The standard InChI is InChI=1S/C16H26N4/c1-12-7-8-16(18-17-12)20-10-14-6-4-5-13(9-19(2)3)15(14)11-20/h7-8,13-15H,4-6,9-11H2,1-3H3/t13-,14+,15+/m0/s1. The fraction of sp³-hybridized carbons (Fsp3) is 0.750. The Labute approximate surface area is 122 Å². The number of fused-ring (bicyclic) bond motifs is 1. The van der Waals surface area contributed by atoms with Crippen LogP contribution in [0.15, 0.2) is 12.1 Å². The first-order chi connectivity index (χ1) is 9.63. The monoisotopic (exact) mass is 274 g/mol. The van der Waals surface area contributed by atoms with Crippen LogP contribution in [-0.4, -0.2) is 48.8 Å². The van der Waals surface area contributed by atoms with Crippen molar-refractivity contribution in [2.24, 2.45) is 17.8 Å². The zero-order valence-electron chi connectivity index (χ0n) is 12.9. The summed E-state index contributed by atoms with van der Waals surface area (Å²) in [4.78, 5) is 4.80. The molecule has 1 saturated heterocycles. The Kier molecular flexibility index (Phi) is 3.92. The molecule has 110 valence electrons.